The highest BCUT2D eigenvalue weighted by molar-refractivity contribution is 5.83. The molecule has 62 valence electrons. The molecule has 0 spiro atoms. The van der Waals surface area contributed by atoms with Gasteiger partial charge >= 0.3 is 0 Å². The smallest absolute Gasteiger partial charge is 0.228 e. The summed E-state index contributed by atoms with van der Waals surface area (Å²) in [5.74, 6) is 0.159. The van der Waals surface area contributed by atoms with Crippen LogP contribution in [0.2, 0.25) is 0 Å². The van der Waals surface area contributed by atoms with Crippen LogP contribution in [-0.2, 0) is 16.1 Å². The highest BCUT2D eigenvalue weighted by Crippen LogP contribution is 2.09. The van der Waals surface area contributed by atoms with Crippen molar-refractivity contribution in [1.82, 2.24) is 0 Å². The van der Waals surface area contributed by atoms with E-state index in [4.69, 9.17) is 4.74 Å². The molecule has 0 radical (unpaired) electrons. The van der Waals surface area contributed by atoms with Crippen molar-refractivity contribution in [2.45, 2.75) is 12.6 Å². The first-order valence-corrected chi connectivity index (χ1v) is 3.94. The van der Waals surface area contributed by atoms with Gasteiger partial charge in [0.25, 0.3) is 0 Å². The molecule has 3 nitrogen and oxygen atoms in total. The molecule has 0 saturated carbocycles. The van der Waals surface area contributed by atoms with Gasteiger partial charge in [0.1, 0.15) is 6.10 Å². The first kappa shape index (κ1) is 7.43. The third-order valence-electron chi connectivity index (χ3n) is 1.81. The summed E-state index contributed by atoms with van der Waals surface area (Å²) in [6, 6.07) is 5.73. The molecule has 3 heteroatoms. The Morgan fingerprint density at radius 3 is 2.67 bits per heavy atom. The van der Waals surface area contributed by atoms with E-state index in [2.05, 4.69) is 0 Å². The van der Waals surface area contributed by atoms with E-state index in [1.165, 1.54) is 0 Å². The van der Waals surface area contributed by atoms with Crippen LogP contribution in [-0.4, -0.2) is 18.5 Å². The Hall–Kier alpha value is -1.22. The van der Waals surface area contributed by atoms with Crippen LogP contribution in [0.15, 0.2) is 30.6 Å². The molecule has 1 unspecified atom stereocenters. The molecule has 0 N–H and O–H groups in total. The number of pyridine rings is 1. The molecule has 1 fully saturated rings. The number of carbonyl (C=O) groups is 1. The van der Waals surface area contributed by atoms with Crippen LogP contribution < -0.4 is 4.57 Å². The lowest BCUT2D eigenvalue weighted by Crippen LogP contribution is -2.38. The van der Waals surface area contributed by atoms with Crippen molar-refractivity contribution in [3.05, 3.63) is 30.6 Å². The molecule has 0 aliphatic carbocycles. The van der Waals surface area contributed by atoms with Crippen molar-refractivity contribution < 1.29 is 14.1 Å². The lowest BCUT2D eigenvalue weighted by Gasteiger charge is -1.91. The molecule has 0 bridgehead atoms. The second-order valence-corrected chi connectivity index (χ2v) is 2.84. The second-order valence-electron chi connectivity index (χ2n) is 2.84. The quantitative estimate of drug-likeness (QED) is 0.463. The third-order valence-corrected chi connectivity index (χ3v) is 1.81. The van der Waals surface area contributed by atoms with Crippen LogP contribution in [0, 0.1) is 0 Å². The van der Waals surface area contributed by atoms with Gasteiger partial charge in [0, 0.05) is 12.1 Å². The van der Waals surface area contributed by atoms with Crippen LogP contribution >= 0.6 is 0 Å². The topological polar surface area (TPSA) is 33.5 Å². The van der Waals surface area contributed by atoms with E-state index in [1.54, 1.807) is 0 Å². The summed E-state index contributed by atoms with van der Waals surface area (Å²) in [6.45, 7) is 1.03. The minimum atomic E-state index is -0.127. The number of hydrogen-bond acceptors (Lipinski definition) is 2. The molecule has 1 saturated heterocycles. The molecule has 2 heterocycles. The molecule has 0 aromatic carbocycles. The summed E-state index contributed by atoms with van der Waals surface area (Å²) in [4.78, 5) is 11.2. The number of rotatable bonds is 3. The minimum absolute atomic E-state index is 0.127. The Morgan fingerprint density at radius 2 is 2.08 bits per heavy atom. The number of nitrogens with zero attached hydrogens (tertiary/aromatic N) is 1. The molecule has 1 aromatic rings. The molecular weight excluding hydrogens is 154 g/mol. The van der Waals surface area contributed by atoms with Gasteiger partial charge < -0.3 is 4.74 Å². The Morgan fingerprint density at radius 1 is 1.42 bits per heavy atom. The van der Waals surface area contributed by atoms with Crippen molar-refractivity contribution in [2.24, 2.45) is 0 Å². The van der Waals surface area contributed by atoms with Crippen molar-refractivity contribution in [1.29, 1.82) is 0 Å². The van der Waals surface area contributed by atoms with E-state index in [-0.39, 0.29) is 11.9 Å². The van der Waals surface area contributed by atoms with E-state index in [9.17, 15) is 4.79 Å². The number of ether oxygens (including phenoxy) is 1. The van der Waals surface area contributed by atoms with E-state index in [0.29, 0.717) is 13.2 Å². The molecule has 2 rings (SSSR count). The van der Waals surface area contributed by atoms with Crippen LogP contribution in [0.5, 0.6) is 0 Å². The fraction of sp³-hybridized carbons (Fsp3) is 0.333. The number of carbonyl (C=O) groups excluding carboxylic acids is 1. The Bertz CT molecular complexity index is 280. The van der Waals surface area contributed by atoms with Gasteiger partial charge in [-0.3, -0.25) is 4.79 Å². The zero-order chi connectivity index (χ0) is 8.39. The van der Waals surface area contributed by atoms with Gasteiger partial charge in [0.15, 0.2) is 12.4 Å². The summed E-state index contributed by atoms with van der Waals surface area (Å²) in [5.41, 5.74) is 0. The fourth-order valence-corrected chi connectivity index (χ4v) is 1.06. The molecule has 1 aliphatic rings. The van der Waals surface area contributed by atoms with Gasteiger partial charge in [0.05, 0.1) is 6.61 Å². The van der Waals surface area contributed by atoms with E-state index in [1.807, 2.05) is 35.2 Å². The SMILES string of the molecule is O=C(C[n+]1ccccc1)C1CO1. The molecule has 12 heavy (non-hydrogen) atoms. The highest BCUT2D eigenvalue weighted by atomic mass is 16.6. The molecular formula is C9H10NO2+. The van der Waals surface area contributed by atoms with Gasteiger partial charge in [-0.25, -0.2) is 0 Å². The summed E-state index contributed by atoms with van der Waals surface area (Å²) in [6.07, 6.45) is 3.62. The average molecular weight is 164 g/mol. The predicted molar refractivity (Wildman–Crippen MR) is 41.4 cm³/mol. The predicted octanol–water partition coefficient (Wildman–Crippen LogP) is -0.0580. The van der Waals surface area contributed by atoms with E-state index < -0.39 is 0 Å². The highest BCUT2D eigenvalue weighted by Gasteiger charge is 2.33. The maximum absolute atomic E-state index is 11.2. The lowest BCUT2D eigenvalue weighted by atomic mass is 10.3. The minimum Gasteiger partial charge on any atom is -0.365 e. The number of Topliss-reactive ketones (excluding diaryl/α,β-unsaturated/α-hetero) is 1. The Kier molecular flexibility index (Phi) is 1.87. The van der Waals surface area contributed by atoms with Crippen molar-refractivity contribution in [2.75, 3.05) is 6.61 Å². The van der Waals surface area contributed by atoms with Gasteiger partial charge in [-0.15, -0.1) is 0 Å². The van der Waals surface area contributed by atoms with Crippen LogP contribution in [0.25, 0.3) is 0 Å². The summed E-state index contributed by atoms with van der Waals surface area (Å²) >= 11 is 0. The largest absolute Gasteiger partial charge is 0.365 e. The zero-order valence-corrected chi connectivity index (χ0v) is 6.64. The monoisotopic (exact) mass is 164 g/mol. The first-order valence-electron chi connectivity index (χ1n) is 3.94. The number of hydrogen-bond donors (Lipinski definition) is 0. The van der Waals surface area contributed by atoms with Gasteiger partial charge in [-0.2, -0.15) is 4.57 Å². The summed E-state index contributed by atoms with van der Waals surface area (Å²) in [5, 5.41) is 0. The molecule has 1 aromatic heterocycles. The zero-order valence-electron chi connectivity index (χ0n) is 6.64. The Labute approximate surface area is 70.6 Å². The first-order chi connectivity index (χ1) is 5.86. The molecule has 1 atom stereocenters. The number of aromatic nitrogens is 1. The summed E-state index contributed by atoms with van der Waals surface area (Å²) in [7, 11) is 0. The van der Waals surface area contributed by atoms with Crippen LogP contribution in [0.1, 0.15) is 0 Å². The molecule has 1 aliphatic heterocycles. The Balaban J connectivity index is 1.98. The fourth-order valence-electron chi connectivity index (χ4n) is 1.06. The van der Waals surface area contributed by atoms with Gasteiger partial charge in [0.2, 0.25) is 12.3 Å². The average Bonchev–Trinajstić information content (AvgIpc) is 2.88. The van der Waals surface area contributed by atoms with Crippen molar-refractivity contribution >= 4 is 5.78 Å². The third kappa shape index (κ3) is 1.68. The number of ketones is 1. The van der Waals surface area contributed by atoms with E-state index in [0.717, 1.165) is 0 Å². The molecule has 0 amide bonds. The van der Waals surface area contributed by atoms with Gasteiger partial charge in [-0.05, 0) is 0 Å². The summed E-state index contributed by atoms with van der Waals surface area (Å²) < 4.78 is 6.73. The van der Waals surface area contributed by atoms with E-state index >= 15 is 0 Å². The normalized spacial score (nSPS) is 20.5. The van der Waals surface area contributed by atoms with Crippen molar-refractivity contribution in [3.63, 3.8) is 0 Å². The second kappa shape index (κ2) is 3.03. The maximum Gasteiger partial charge on any atom is 0.228 e. The van der Waals surface area contributed by atoms with Gasteiger partial charge in [-0.1, -0.05) is 6.07 Å². The maximum atomic E-state index is 11.2. The van der Waals surface area contributed by atoms with Crippen LogP contribution in [0.3, 0.4) is 0 Å². The standard InChI is InChI=1S/C9H10NO2/c11-8(9-7-12-9)6-10-4-2-1-3-5-10/h1-5,9H,6-7H2/q+1. The van der Waals surface area contributed by atoms with Crippen LogP contribution in [0.4, 0.5) is 0 Å². The lowest BCUT2D eigenvalue weighted by molar-refractivity contribution is -0.684. The van der Waals surface area contributed by atoms with Crippen molar-refractivity contribution in [3.8, 4) is 0 Å². The number of epoxide rings is 1.